The van der Waals surface area contributed by atoms with Gasteiger partial charge in [-0.15, -0.1) is 0 Å². The minimum atomic E-state index is -0.158. The third-order valence-corrected chi connectivity index (χ3v) is 3.13. The molecule has 1 atom stereocenters. The average Bonchev–Trinajstić information content (AvgIpc) is 2.84. The Labute approximate surface area is 112 Å². The van der Waals surface area contributed by atoms with Crippen molar-refractivity contribution >= 4 is 11.6 Å². The van der Waals surface area contributed by atoms with E-state index in [1.165, 1.54) is 0 Å². The lowest BCUT2D eigenvalue weighted by atomic mass is 10.1. The second kappa shape index (κ2) is 5.67. The zero-order chi connectivity index (χ0) is 13.8. The molecule has 0 aliphatic heterocycles. The molecule has 0 saturated carbocycles. The van der Waals surface area contributed by atoms with Gasteiger partial charge < -0.3 is 10.6 Å². The fraction of sp³-hybridized carbons (Fsp3) is 0.286. The first kappa shape index (κ1) is 13.3. The minimum Gasteiger partial charge on any atom is -0.321 e. The molecule has 0 fully saturated rings. The summed E-state index contributed by atoms with van der Waals surface area (Å²) < 4.78 is 1.55. The number of amides is 1. The third-order valence-electron chi connectivity index (χ3n) is 3.13. The number of rotatable bonds is 4. The number of anilines is 1. The third kappa shape index (κ3) is 3.00. The first-order valence-electron chi connectivity index (χ1n) is 6.18. The van der Waals surface area contributed by atoms with Crippen molar-refractivity contribution in [1.29, 1.82) is 0 Å². The highest BCUT2D eigenvalue weighted by molar-refractivity contribution is 6.03. The fourth-order valence-corrected chi connectivity index (χ4v) is 1.84. The van der Waals surface area contributed by atoms with Crippen LogP contribution in [0.2, 0.25) is 0 Å². The van der Waals surface area contributed by atoms with Gasteiger partial charge in [0.25, 0.3) is 5.91 Å². The number of nitrogens with zero attached hydrogens (tertiary/aromatic N) is 2. The quantitative estimate of drug-likeness (QED) is 0.881. The van der Waals surface area contributed by atoms with Crippen molar-refractivity contribution in [3.63, 3.8) is 0 Å². The van der Waals surface area contributed by atoms with Crippen molar-refractivity contribution in [3.8, 4) is 0 Å². The van der Waals surface area contributed by atoms with E-state index in [-0.39, 0.29) is 11.9 Å². The highest BCUT2D eigenvalue weighted by atomic mass is 16.2. The van der Waals surface area contributed by atoms with Crippen molar-refractivity contribution in [1.82, 2.24) is 15.1 Å². The number of benzene rings is 1. The maximum Gasteiger partial charge on any atom is 0.273 e. The predicted octanol–water partition coefficient (Wildman–Crippen LogP) is 1.95. The van der Waals surface area contributed by atoms with Gasteiger partial charge in [-0.1, -0.05) is 12.1 Å². The van der Waals surface area contributed by atoms with Gasteiger partial charge in [0.2, 0.25) is 0 Å². The molecule has 2 N–H and O–H groups in total. The summed E-state index contributed by atoms with van der Waals surface area (Å²) in [6.07, 6.45) is 1.61. The molecule has 19 heavy (non-hydrogen) atoms. The molecule has 1 aromatic heterocycles. The van der Waals surface area contributed by atoms with Crippen LogP contribution in [0.4, 0.5) is 5.69 Å². The molecule has 1 amide bonds. The molecule has 100 valence electrons. The number of carbonyl (C=O) groups is 1. The Morgan fingerprint density at radius 1 is 1.37 bits per heavy atom. The van der Waals surface area contributed by atoms with Crippen LogP contribution in [0.15, 0.2) is 36.5 Å². The van der Waals surface area contributed by atoms with Gasteiger partial charge in [0.1, 0.15) is 5.69 Å². The zero-order valence-electron chi connectivity index (χ0n) is 11.3. The van der Waals surface area contributed by atoms with Gasteiger partial charge in [0, 0.05) is 25.0 Å². The van der Waals surface area contributed by atoms with Crippen molar-refractivity contribution in [2.75, 3.05) is 12.4 Å². The van der Waals surface area contributed by atoms with E-state index in [4.69, 9.17) is 0 Å². The highest BCUT2D eigenvalue weighted by Crippen LogP contribution is 2.17. The van der Waals surface area contributed by atoms with Crippen molar-refractivity contribution < 1.29 is 4.79 Å². The van der Waals surface area contributed by atoms with Gasteiger partial charge >= 0.3 is 0 Å². The average molecular weight is 258 g/mol. The number of hydrogen-bond acceptors (Lipinski definition) is 3. The van der Waals surface area contributed by atoms with Crippen LogP contribution >= 0.6 is 0 Å². The molecule has 1 aromatic carbocycles. The van der Waals surface area contributed by atoms with Crippen LogP contribution < -0.4 is 10.6 Å². The smallest absolute Gasteiger partial charge is 0.273 e. The van der Waals surface area contributed by atoms with Gasteiger partial charge in [-0.25, -0.2) is 0 Å². The van der Waals surface area contributed by atoms with Crippen molar-refractivity contribution in [3.05, 3.63) is 47.8 Å². The summed E-state index contributed by atoms with van der Waals surface area (Å²) in [5.41, 5.74) is 2.45. The summed E-state index contributed by atoms with van der Waals surface area (Å²) in [5.74, 6) is -0.158. The van der Waals surface area contributed by atoms with Crippen LogP contribution in [-0.4, -0.2) is 22.7 Å². The highest BCUT2D eigenvalue weighted by Gasteiger charge is 2.10. The van der Waals surface area contributed by atoms with Crippen LogP contribution in [0.1, 0.15) is 29.0 Å². The van der Waals surface area contributed by atoms with E-state index in [9.17, 15) is 4.79 Å². The Hall–Kier alpha value is -2.14. The normalized spacial score (nSPS) is 12.2. The summed E-state index contributed by atoms with van der Waals surface area (Å²) in [6.45, 7) is 2.07. The number of nitrogens with one attached hydrogen (secondary N) is 2. The monoisotopic (exact) mass is 258 g/mol. The molecule has 0 radical (unpaired) electrons. The molecule has 5 heteroatoms. The molecular formula is C14H18N4O. The molecule has 1 unspecified atom stereocenters. The molecular weight excluding hydrogens is 240 g/mol. The van der Waals surface area contributed by atoms with Gasteiger partial charge in [-0.05, 0) is 37.7 Å². The molecule has 0 bridgehead atoms. The van der Waals surface area contributed by atoms with Gasteiger partial charge in [-0.2, -0.15) is 5.10 Å². The van der Waals surface area contributed by atoms with Crippen LogP contribution in [0.5, 0.6) is 0 Å². The number of carbonyl (C=O) groups excluding carboxylic acids is 1. The van der Waals surface area contributed by atoms with E-state index >= 15 is 0 Å². The molecule has 1 heterocycles. The maximum absolute atomic E-state index is 12.1. The molecule has 0 spiro atoms. The Kier molecular flexibility index (Phi) is 3.97. The lowest BCUT2D eigenvalue weighted by Crippen LogP contribution is -2.17. The molecule has 0 aliphatic carbocycles. The Morgan fingerprint density at radius 2 is 2.16 bits per heavy atom. The van der Waals surface area contributed by atoms with Gasteiger partial charge in [-0.3, -0.25) is 9.48 Å². The van der Waals surface area contributed by atoms with Crippen molar-refractivity contribution in [2.24, 2.45) is 7.05 Å². The van der Waals surface area contributed by atoms with E-state index in [1.807, 2.05) is 31.3 Å². The van der Waals surface area contributed by atoms with E-state index in [2.05, 4.69) is 22.7 Å². The fourth-order valence-electron chi connectivity index (χ4n) is 1.84. The van der Waals surface area contributed by atoms with Crippen LogP contribution in [0.25, 0.3) is 0 Å². The summed E-state index contributed by atoms with van der Waals surface area (Å²) in [5, 5.41) is 10.0. The predicted molar refractivity (Wildman–Crippen MR) is 75.1 cm³/mol. The van der Waals surface area contributed by atoms with E-state index in [0.717, 1.165) is 11.3 Å². The second-order valence-corrected chi connectivity index (χ2v) is 4.43. The molecule has 0 saturated heterocycles. The SMILES string of the molecule is CNC(C)c1cccc(NC(=O)c2ccnn2C)c1. The Balaban J connectivity index is 2.15. The maximum atomic E-state index is 12.1. The van der Waals surface area contributed by atoms with Crippen molar-refractivity contribution in [2.45, 2.75) is 13.0 Å². The molecule has 2 aromatic rings. The number of aromatic nitrogens is 2. The number of hydrogen-bond donors (Lipinski definition) is 2. The van der Waals surface area contributed by atoms with E-state index < -0.39 is 0 Å². The Morgan fingerprint density at radius 3 is 2.79 bits per heavy atom. The standard InChI is InChI=1S/C14H18N4O/c1-10(15-2)11-5-4-6-12(9-11)17-14(19)13-7-8-16-18(13)3/h4-10,15H,1-3H3,(H,17,19). The van der Waals surface area contributed by atoms with E-state index in [1.54, 1.807) is 24.0 Å². The first-order valence-corrected chi connectivity index (χ1v) is 6.18. The van der Waals surface area contributed by atoms with Crippen LogP contribution in [0, 0.1) is 0 Å². The molecule has 0 aliphatic rings. The lowest BCUT2D eigenvalue weighted by molar-refractivity contribution is 0.101. The lowest BCUT2D eigenvalue weighted by Gasteiger charge is -2.12. The molecule has 5 nitrogen and oxygen atoms in total. The number of aryl methyl sites for hydroxylation is 1. The summed E-state index contributed by atoms with van der Waals surface area (Å²) in [4.78, 5) is 12.1. The topological polar surface area (TPSA) is 58.9 Å². The summed E-state index contributed by atoms with van der Waals surface area (Å²) in [7, 11) is 3.65. The van der Waals surface area contributed by atoms with Gasteiger partial charge in [0.05, 0.1) is 0 Å². The van der Waals surface area contributed by atoms with E-state index in [0.29, 0.717) is 5.69 Å². The zero-order valence-corrected chi connectivity index (χ0v) is 11.3. The second-order valence-electron chi connectivity index (χ2n) is 4.43. The first-order chi connectivity index (χ1) is 9.11. The van der Waals surface area contributed by atoms with Crippen LogP contribution in [-0.2, 0) is 7.05 Å². The Bertz CT molecular complexity index is 576. The summed E-state index contributed by atoms with van der Waals surface area (Å²) in [6, 6.07) is 9.74. The summed E-state index contributed by atoms with van der Waals surface area (Å²) >= 11 is 0. The largest absolute Gasteiger partial charge is 0.321 e. The van der Waals surface area contributed by atoms with Crippen LogP contribution in [0.3, 0.4) is 0 Å². The molecule has 2 rings (SSSR count). The van der Waals surface area contributed by atoms with Gasteiger partial charge in [0.15, 0.2) is 0 Å². The minimum absolute atomic E-state index is 0.158.